The second kappa shape index (κ2) is 4.38. The van der Waals surface area contributed by atoms with Gasteiger partial charge in [-0.25, -0.2) is 4.79 Å². The lowest BCUT2D eigenvalue weighted by atomic mass is 10.1. The average molecular weight is 251 g/mol. The van der Waals surface area contributed by atoms with E-state index < -0.39 is 5.97 Å². The van der Waals surface area contributed by atoms with Crippen LogP contribution in [0.3, 0.4) is 0 Å². The number of carboxylic acids is 1. The van der Waals surface area contributed by atoms with Crippen molar-refractivity contribution < 1.29 is 14.6 Å². The summed E-state index contributed by atoms with van der Waals surface area (Å²) < 4.78 is 5.58. The van der Waals surface area contributed by atoms with Gasteiger partial charge in [0.2, 0.25) is 0 Å². The zero-order chi connectivity index (χ0) is 12.5. The van der Waals surface area contributed by atoms with Crippen LogP contribution in [0.15, 0.2) is 6.07 Å². The Morgan fingerprint density at radius 1 is 1.71 bits per heavy atom. The third kappa shape index (κ3) is 2.59. The largest absolute Gasteiger partial charge is 0.491 e. The van der Waals surface area contributed by atoms with Crippen molar-refractivity contribution in [3.05, 3.63) is 15.8 Å². The SMILES string of the molecule is Cc1cc(OCC2(CC#N)CC2)c(C(=O)O)s1. The van der Waals surface area contributed by atoms with Crippen LogP contribution in [0.4, 0.5) is 0 Å². The molecule has 0 aromatic carbocycles. The van der Waals surface area contributed by atoms with Crippen molar-refractivity contribution in [3.8, 4) is 11.8 Å². The zero-order valence-electron chi connectivity index (χ0n) is 9.52. The molecular weight excluding hydrogens is 238 g/mol. The van der Waals surface area contributed by atoms with E-state index >= 15 is 0 Å². The normalized spacial score (nSPS) is 16.2. The first-order valence-corrected chi connectivity index (χ1v) is 6.21. The van der Waals surface area contributed by atoms with Crippen molar-refractivity contribution in [1.29, 1.82) is 5.26 Å². The Morgan fingerprint density at radius 2 is 2.41 bits per heavy atom. The van der Waals surface area contributed by atoms with Crippen molar-refractivity contribution in [2.75, 3.05) is 6.61 Å². The van der Waals surface area contributed by atoms with Crippen LogP contribution >= 0.6 is 11.3 Å². The Labute approximate surface area is 103 Å². The Morgan fingerprint density at radius 3 is 2.94 bits per heavy atom. The molecule has 5 heteroatoms. The van der Waals surface area contributed by atoms with Gasteiger partial charge in [0.05, 0.1) is 12.7 Å². The highest BCUT2D eigenvalue weighted by Gasteiger charge is 2.43. The summed E-state index contributed by atoms with van der Waals surface area (Å²) in [5, 5.41) is 17.7. The quantitative estimate of drug-likeness (QED) is 0.873. The standard InChI is InChI=1S/C12H13NO3S/c1-8-6-9(10(17-8)11(14)15)16-7-12(2-3-12)4-5-13/h6H,2-4,7H2,1H3,(H,14,15). The van der Waals surface area contributed by atoms with Gasteiger partial charge in [0.1, 0.15) is 5.75 Å². The molecule has 17 heavy (non-hydrogen) atoms. The third-order valence-electron chi connectivity index (χ3n) is 2.96. The molecule has 0 amide bonds. The van der Waals surface area contributed by atoms with E-state index in [0.29, 0.717) is 18.8 Å². The van der Waals surface area contributed by atoms with Crippen LogP contribution in [0.1, 0.15) is 33.8 Å². The molecule has 2 rings (SSSR count). The van der Waals surface area contributed by atoms with Gasteiger partial charge in [-0.05, 0) is 25.8 Å². The van der Waals surface area contributed by atoms with Gasteiger partial charge >= 0.3 is 5.97 Å². The van der Waals surface area contributed by atoms with E-state index in [2.05, 4.69) is 6.07 Å². The first kappa shape index (κ1) is 11.9. The summed E-state index contributed by atoms with van der Waals surface area (Å²) in [6.07, 6.45) is 2.47. The molecular formula is C12H13NO3S. The number of nitrogens with zero attached hydrogens (tertiary/aromatic N) is 1. The lowest BCUT2D eigenvalue weighted by molar-refractivity contribution is 0.0696. The Hall–Kier alpha value is -1.54. The molecule has 1 heterocycles. The summed E-state index contributed by atoms with van der Waals surface area (Å²) in [7, 11) is 0. The topological polar surface area (TPSA) is 70.3 Å². The molecule has 1 aromatic heterocycles. The molecule has 0 atom stereocenters. The second-order valence-corrected chi connectivity index (χ2v) is 5.74. The lowest BCUT2D eigenvalue weighted by Gasteiger charge is -2.12. The first-order chi connectivity index (χ1) is 8.06. The van der Waals surface area contributed by atoms with Crippen molar-refractivity contribution in [2.24, 2.45) is 5.41 Å². The predicted octanol–water partition coefficient (Wildman–Crippen LogP) is 2.83. The predicted molar refractivity (Wildman–Crippen MR) is 63.4 cm³/mol. The van der Waals surface area contributed by atoms with Crippen LogP contribution in [0.25, 0.3) is 0 Å². The monoisotopic (exact) mass is 251 g/mol. The maximum Gasteiger partial charge on any atom is 0.349 e. The Kier molecular flexibility index (Phi) is 3.07. The number of thiophene rings is 1. The number of aryl methyl sites for hydroxylation is 1. The van der Waals surface area contributed by atoms with E-state index in [-0.39, 0.29) is 10.3 Å². The molecule has 0 spiro atoms. The van der Waals surface area contributed by atoms with Crippen LogP contribution in [0.2, 0.25) is 0 Å². The first-order valence-electron chi connectivity index (χ1n) is 5.40. The fourth-order valence-corrected chi connectivity index (χ4v) is 2.49. The second-order valence-electron chi connectivity index (χ2n) is 4.48. The summed E-state index contributed by atoms with van der Waals surface area (Å²) in [4.78, 5) is 12.1. The van der Waals surface area contributed by atoms with Gasteiger partial charge in [-0.15, -0.1) is 11.3 Å². The van der Waals surface area contributed by atoms with E-state index in [0.717, 1.165) is 17.7 Å². The molecule has 1 aliphatic rings. The molecule has 1 fully saturated rings. The van der Waals surface area contributed by atoms with Gasteiger partial charge in [0.25, 0.3) is 0 Å². The molecule has 0 bridgehead atoms. The molecule has 0 unspecified atom stereocenters. The van der Waals surface area contributed by atoms with Gasteiger partial charge in [-0.2, -0.15) is 5.26 Å². The summed E-state index contributed by atoms with van der Waals surface area (Å²) in [6.45, 7) is 2.29. The van der Waals surface area contributed by atoms with Gasteiger partial charge in [-0.3, -0.25) is 0 Å². The molecule has 0 aliphatic heterocycles. The molecule has 90 valence electrons. The molecule has 0 saturated heterocycles. The highest BCUT2D eigenvalue weighted by atomic mass is 32.1. The minimum Gasteiger partial charge on any atom is -0.491 e. The van der Waals surface area contributed by atoms with Crippen molar-refractivity contribution in [2.45, 2.75) is 26.2 Å². The highest BCUT2D eigenvalue weighted by molar-refractivity contribution is 7.14. The molecule has 1 N–H and O–H groups in total. The molecule has 0 radical (unpaired) electrons. The Balaban J connectivity index is 2.04. The van der Waals surface area contributed by atoms with Gasteiger partial charge in [0, 0.05) is 16.7 Å². The summed E-state index contributed by atoms with van der Waals surface area (Å²) in [5.74, 6) is -0.521. The number of carboxylic acid groups (broad SMARTS) is 1. The third-order valence-corrected chi connectivity index (χ3v) is 3.98. The fraction of sp³-hybridized carbons (Fsp3) is 0.500. The van der Waals surface area contributed by atoms with Crippen LogP contribution in [0.5, 0.6) is 5.75 Å². The van der Waals surface area contributed by atoms with E-state index in [1.54, 1.807) is 6.07 Å². The highest BCUT2D eigenvalue weighted by Crippen LogP contribution is 2.49. The fourth-order valence-electron chi connectivity index (χ4n) is 1.69. The number of hydrogen-bond acceptors (Lipinski definition) is 4. The number of nitriles is 1. The van der Waals surface area contributed by atoms with Gasteiger partial charge < -0.3 is 9.84 Å². The van der Waals surface area contributed by atoms with Crippen molar-refractivity contribution in [1.82, 2.24) is 0 Å². The van der Waals surface area contributed by atoms with E-state index in [4.69, 9.17) is 15.1 Å². The molecule has 1 aromatic rings. The number of hydrogen-bond donors (Lipinski definition) is 1. The Bertz CT molecular complexity index is 482. The summed E-state index contributed by atoms with van der Waals surface area (Å²) in [6, 6.07) is 3.90. The molecule has 1 saturated carbocycles. The maximum atomic E-state index is 11.0. The van der Waals surface area contributed by atoms with E-state index in [1.807, 2.05) is 6.92 Å². The lowest BCUT2D eigenvalue weighted by Crippen LogP contribution is -2.13. The van der Waals surface area contributed by atoms with Crippen molar-refractivity contribution in [3.63, 3.8) is 0 Å². The summed E-state index contributed by atoms with van der Waals surface area (Å²) >= 11 is 1.22. The molecule has 4 nitrogen and oxygen atoms in total. The van der Waals surface area contributed by atoms with Crippen LogP contribution < -0.4 is 4.74 Å². The van der Waals surface area contributed by atoms with Gasteiger partial charge in [-0.1, -0.05) is 0 Å². The number of ether oxygens (including phenoxy) is 1. The molecule has 1 aliphatic carbocycles. The number of carbonyl (C=O) groups is 1. The van der Waals surface area contributed by atoms with E-state index in [1.165, 1.54) is 11.3 Å². The summed E-state index contributed by atoms with van der Waals surface area (Å²) in [5.41, 5.74) is -0.0274. The van der Waals surface area contributed by atoms with Crippen LogP contribution in [0, 0.1) is 23.7 Å². The maximum absolute atomic E-state index is 11.0. The van der Waals surface area contributed by atoms with E-state index in [9.17, 15) is 4.79 Å². The minimum atomic E-state index is -0.955. The number of aromatic carboxylic acids is 1. The average Bonchev–Trinajstić information content (AvgIpc) is 2.92. The number of rotatable bonds is 5. The van der Waals surface area contributed by atoms with Crippen LogP contribution in [-0.4, -0.2) is 17.7 Å². The zero-order valence-corrected chi connectivity index (χ0v) is 10.3. The van der Waals surface area contributed by atoms with Gasteiger partial charge in [0.15, 0.2) is 4.88 Å². The smallest absolute Gasteiger partial charge is 0.349 e. The minimum absolute atomic E-state index is 0.0274. The van der Waals surface area contributed by atoms with Crippen LogP contribution in [-0.2, 0) is 0 Å². The van der Waals surface area contributed by atoms with Crippen molar-refractivity contribution >= 4 is 17.3 Å².